The van der Waals surface area contributed by atoms with E-state index in [0.717, 1.165) is 83.5 Å². The summed E-state index contributed by atoms with van der Waals surface area (Å²) in [5.74, 6) is -0.415. The van der Waals surface area contributed by atoms with Gasteiger partial charge in [0.1, 0.15) is 17.1 Å². The van der Waals surface area contributed by atoms with Crippen LogP contribution in [-0.2, 0) is 33.3 Å². The van der Waals surface area contributed by atoms with E-state index in [1.807, 2.05) is 13.0 Å². The molecule has 10 heteroatoms. The lowest BCUT2D eigenvalue weighted by atomic mass is 10.1. The van der Waals surface area contributed by atoms with Crippen molar-refractivity contribution >= 4 is 23.9 Å². The van der Waals surface area contributed by atoms with Crippen molar-refractivity contribution in [2.24, 2.45) is 0 Å². The summed E-state index contributed by atoms with van der Waals surface area (Å²) in [5, 5.41) is 0. The Morgan fingerprint density at radius 1 is 0.540 bits per heavy atom. The van der Waals surface area contributed by atoms with Gasteiger partial charge in [-0.15, -0.1) is 0 Å². The fraction of sp³-hybridized carbons (Fsp3) is 0.700. The summed E-state index contributed by atoms with van der Waals surface area (Å²) in [4.78, 5) is 48.0. The molecule has 0 amide bonds. The number of hydrogen-bond acceptors (Lipinski definition) is 10. The lowest BCUT2D eigenvalue weighted by Crippen LogP contribution is -2.11. The summed E-state index contributed by atoms with van der Waals surface area (Å²) in [6.07, 6.45) is 16.4. The monoisotopic (exact) mass is 704 g/mol. The van der Waals surface area contributed by atoms with E-state index in [9.17, 15) is 19.2 Å². The van der Waals surface area contributed by atoms with Gasteiger partial charge in [0.25, 0.3) is 0 Å². The second-order valence-electron chi connectivity index (χ2n) is 12.7. The topological polar surface area (TPSA) is 124 Å². The smallest absolute Gasteiger partial charge is 0.342 e. The first-order valence-electron chi connectivity index (χ1n) is 19.0. The Morgan fingerprint density at radius 2 is 1.00 bits per heavy atom. The molecule has 1 aromatic carbocycles. The van der Waals surface area contributed by atoms with Crippen LogP contribution in [0.1, 0.15) is 153 Å². The van der Waals surface area contributed by atoms with E-state index in [-0.39, 0.29) is 30.7 Å². The van der Waals surface area contributed by atoms with Gasteiger partial charge in [0.15, 0.2) is 0 Å². The van der Waals surface area contributed by atoms with Crippen LogP contribution in [0.25, 0.3) is 0 Å². The van der Waals surface area contributed by atoms with E-state index in [0.29, 0.717) is 68.7 Å². The molecule has 0 saturated carbocycles. The van der Waals surface area contributed by atoms with Gasteiger partial charge in [-0.2, -0.15) is 0 Å². The molecule has 0 bridgehead atoms. The predicted octanol–water partition coefficient (Wildman–Crippen LogP) is 9.26. The molecule has 1 rings (SSSR count). The van der Waals surface area contributed by atoms with E-state index in [1.165, 1.54) is 19.3 Å². The minimum absolute atomic E-state index is 0.0526. The Kier molecular flexibility index (Phi) is 26.9. The Balaban J connectivity index is 2.38. The van der Waals surface area contributed by atoms with Crippen molar-refractivity contribution in [3.05, 3.63) is 35.9 Å². The van der Waals surface area contributed by atoms with Crippen LogP contribution in [0.2, 0.25) is 0 Å². The van der Waals surface area contributed by atoms with Crippen LogP contribution in [0.3, 0.4) is 0 Å². The summed E-state index contributed by atoms with van der Waals surface area (Å²) in [6.45, 7) is 11.9. The Morgan fingerprint density at radius 3 is 1.56 bits per heavy atom. The molecule has 0 aliphatic carbocycles. The molecular formula is C40H64O10. The van der Waals surface area contributed by atoms with Gasteiger partial charge >= 0.3 is 23.9 Å². The molecule has 1 aromatic rings. The van der Waals surface area contributed by atoms with E-state index in [4.69, 9.17) is 28.4 Å². The first-order valence-corrected chi connectivity index (χ1v) is 19.0. The molecule has 10 nitrogen and oxygen atoms in total. The lowest BCUT2D eigenvalue weighted by Gasteiger charge is -2.14. The van der Waals surface area contributed by atoms with Crippen molar-refractivity contribution in [3.8, 4) is 11.5 Å². The van der Waals surface area contributed by atoms with Crippen molar-refractivity contribution < 1.29 is 47.6 Å². The fourth-order valence-electron chi connectivity index (χ4n) is 4.83. The molecule has 0 heterocycles. The highest BCUT2D eigenvalue weighted by molar-refractivity contribution is 5.93. The largest absolute Gasteiger partial charge is 0.494 e. The average Bonchev–Trinajstić information content (AvgIpc) is 3.10. The number of rotatable bonds is 32. The van der Waals surface area contributed by atoms with Gasteiger partial charge in [-0.25, -0.2) is 9.59 Å². The highest BCUT2D eigenvalue weighted by atomic mass is 16.5. The first-order chi connectivity index (χ1) is 24.3. The fourth-order valence-corrected chi connectivity index (χ4v) is 4.83. The highest BCUT2D eigenvalue weighted by Crippen LogP contribution is 2.26. The lowest BCUT2D eigenvalue weighted by molar-refractivity contribution is -0.150. The van der Waals surface area contributed by atoms with Crippen molar-refractivity contribution in [2.45, 2.75) is 143 Å². The molecule has 0 aromatic heterocycles. The molecule has 0 saturated heterocycles. The summed E-state index contributed by atoms with van der Waals surface area (Å²) in [5.41, 5.74) is 0.755. The molecule has 0 N–H and O–H groups in total. The van der Waals surface area contributed by atoms with Crippen molar-refractivity contribution in [2.75, 3.05) is 39.6 Å². The van der Waals surface area contributed by atoms with Gasteiger partial charge in [0, 0.05) is 5.57 Å². The van der Waals surface area contributed by atoms with Crippen LogP contribution in [0.4, 0.5) is 0 Å². The zero-order valence-corrected chi connectivity index (χ0v) is 31.2. The minimum atomic E-state index is -0.434. The third-order valence-electron chi connectivity index (χ3n) is 7.89. The van der Waals surface area contributed by atoms with Crippen LogP contribution < -0.4 is 9.47 Å². The molecule has 50 heavy (non-hydrogen) atoms. The molecule has 0 spiro atoms. The average molecular weight is 705 g/mol. The molecule has 0 unspecified atom stereocenters. The molecule has 0 aliphatic heterocycles. The quantitative estimate of drug-likeness (QED) is 0.0310. The number of carbonyl (C=O) groups excluding carboxylic acids is 4. The van der Waals surface area contributed by atoms with E-state index in [2.05, 4.69) is 13.5 Å². The van der Waals surface area contributed by atoms with Crippen LogP contribution >= 0.6 is 0 Å². The first kappa shape index (κ1) is 44.5. The Bertz CT molecular complexity index is 1100. The van der Waals surface area contributed by atoms with Crippen LogP contribution in [0.5, 0.6) is 11.5 Å². The van der Waals surface area contributed by atoms with Crippen molar-refractivity contribution in [3.63, 3.8) is 0 Å². The van der Waals surface area contributed by atoms with E-state index >= 15 is 0 Å². The third-order valence-corrected chi connectivity index (χ3v) is 7.89. The van der Waals surface area contributed by atoms with Gasteiger partial charge in [0.2, 0.25) is 0 Å². The number of unbranched alkanes of at least 4 members (excludes halogenated alkanes) is 13. The number of ether oxygens (including phenoxy) is 6. The zero-order chi connectivity index (χ0) is 36.7. The number of hydrogen-bond donors (Lipinski definition) is 0. The predicted molar refractivity (Wildman–Crippen MR) is 194 cm³/mol. The minimum Gasteiger partial charge on any atom is -0.494 e. The second kappa shape index (κ2) is 30.3. The normalized spacial score (nSPS) is 10.7. The van der Waals surface area contributed by atoms with Crippen LogP contribution in [0, 0.1) is 0 Å². The maximum Gasteiger partial charge on any atom is 0.342 e. The SMILES string of the molecule is C=C(C)C(=O)OCCCCCCOC(=O)c1cc(OCCCCCCC)ccc1OCCCCCCCCOC(=O)CCC(=O)OCCCC. The number of benzene rings is 1. The van der Waals surface area contributed by atoms with Gasteiger partial charge < -0.3 is 28.4 Å². The third kappa shape index (κ3) is 23.7. The Hall–Kier alpha value is -3.56. The van der Waals surface area contributed by atoms with E-state index in [1.54, 1.807) is 19.1 Å². The molecule has 0 fully saturated rings. The van der Waals surface area contributed by atoms with Gasteiger partial charge in [-0.1, -0.05) is 78.2 Å². The number of esters is 4. The molecular weight excluding hydrogens is 640 g/mol. The van der Waals surface area contributed by atoms with Crippen LogP contribution in [0.15, 0.2) is 30.4 Å². The highest BCUT2D eigenvalue weighted by Gasteiger charge is 2.16. The maximum atomic E-state index is 13.1. The number of carbonyl (C=O) groups is 4. The summed E-state index contributed by atoms with van der Waals surface area (Å²) >= 11 is 0. The van der Waals surface area contributed by atoms with Crippen LogP contribution in [-0.4, -0.2) is 63.5 Å². The standard InChI is InChI=1S/C40H64O10/c1-5-7-9-12-17-27-45-34-22-23-36(35(32-34)40(44)50-31-21-16-15-20-30-49-39(43)33(3)4)46-28-18-13-10-11-14-19-29-48-38(42)25-24-37(41)47-26-8-6-2/h22-23,32H,3,5-21,24-31H2,1-2,4H3. The van der Waals surface area contributed by atoms with Crippen molar-refractivity contribution in [1.82, 2.24) is 0 Å². The van der Waals surface area contributed by atoms with Gasteiger partial charge in [-0.3, -0.25) is 9.59 Å². The Labute approximate surface area is 300 Å². The summed E-state index contributed by atoms with van der Waals surface area (Å²) < 4.78 is 33.0. The van der Waals surface area contributed by atoms with E-state index < -0.39 is 5.97 Å². The van der Waals surface area contributed by atoms with Crippen molar-refractivity contribution in [1.29, 1.82) is 0 Å². The zero-order valence-electron chi connectivity index (χ0n) is 31.2. The summed E-state index contributed by atoms with van der Waals surface area (Å²) in [7, 11) is 0. The molecule has 0 aliphatic rings. The summed E-state index contributed by atoms with van der Waals surface area (Å²) in [6, 6.07) is 5.34. The molecule has 0 atom stereocenters. The molecule has 284 valence electrons. The second-order valence-corrected chi connectivity index (χ2v) is 12.7. The van der Waals surface area contributed by atoms with Gasteiger partial charge in [0.05, 0.1) is 52.5 Å². The van der Waals surface area contributed by atoms with Gasteiger partial charge in [-0.05, 0) is 76.5 Å². The molecule has 0 radical (unpaired) electrons. The maximum absolute atomic E-state index is 13.1.